The van der Waals surface area contributed by atoms with Crippen LogP contribution in [0.2, 0.25) is 0 Å². The highest BCUT2D eigenvalue weighted by molar-refractivity contribution is 6.00. The Morgan fingerprint density at radius 2 is 1.72 bits per heavy atom. The molecule has 0 amide bonds. The van der Waals surface area contributed by atoms with Crippen LogP contribution in [0.5, 0.6) is 0 Å². The van der Waals surface area contributed by atoms with Crippen molar-refractivity contribution in [1.29, 1.82) is 5.41 Å². The maximum absolute atomic E-state index is 7.48. The van der Waals surface area contributed by atoms with Crippen LogP contribution in [0.15, 0.2) is 36.4 Å². The van der Waals surface area contributed by atoms with E-state index in [1.54, 1.807) is 0 Å². The first-order chi connectivity index (χ1) is 8.88. The summed E-state index contributed by atoms with van der Waals surface area (Å²) in [5.74, 6) is 0. The lowest BCUT2D eigenvalue weighted by atomic mass is 10.0. The Hall–Kier alpha value is -1.67. The molecule has 1 aliphatic heterocycles. The van der Waals surface area contributed by atoms with Gasteiger partial charge in [-0.25, -0.2) is 0 Å². The predicted octanol–water partition coefficient (Wildman–Crippen LogP) is 3.43. The van der Waals surface area contributed by atoms with Gasteiger partial charge in [-0.2, -0.15) is 0 Å². The second kappa shape index (κ2) is 4.91. The molecule has 1 fully saturated rings. The summed E-state index contributed by atoms with van der Waals surface area (Å²) in [6.07, 6.45) is 4.11. The molecule has 1 aliphatic rings. The second-order valence-electron chi connectivity index (χ2n) is 4.99. The van der Waals surface area contributed by atoms with Gasteiger partial charge in [0.2, 0.25) is 0 Å². The number of fused-ring (bicyclic) bond motifs is 1. The average Bonchev–Trinajstić information content (AvgIpc) is 2.91. The fourth-order valence-electron chi connectivity index (χ4n) is 2.84. The van der Waals surface area contributed by atoms with E-state index in [0.717, 1.165) is 12.1 Å². The maximum atomic E-state index is 7.48. The van der Waals surface area contributed by atoms with Gasteiger partial charge in [-0.15, -0.1) is 0 Å². The molecule has 18 heavy (non-hydrogen) atoms. The van der Waals surface area contributed by atoms with Gasteiger partial charge in [0.25, 0.3) is 0 Å². The standard InChI is InChI=1S/C16H18N2/c17-11-13-5-3-8-16-14(6-4-7-15(13)16)12-18-9-1-2-10-18/h3-8,11,17H,1-2,9-10,12H2. The molecule has 2 heteroatoms. The van der Waals surface area contributed by atoms with Crippen LogP contribution < -0.4 is 0 Å². The molecule has 0 aromatic heterocycles. The van der Waals surface area contributed by atoms with E-state index >= 15 is 0 Å². The molecule has 2 nitrogen and oxygen atoms in total. The van der Waals surface area contributed by atoms with Crippen LogP contribution in [0, 0.1) is 5.41 Å². The van der Waals surface area contributed by atoms with E-state index in [0.29, 0.717) is 0 Å². The zero-order valence-electron chi connectivity index (χ0n) is 10.5. The lowest BCUT2D eigenvalue weighted by molar-refractivity contribution is 0.332. The molecule has 0 aliphatic carbocycles. The summed E-state index contributed by atoms with van der Waals surface area (Å²) in [6.45, 7) is 3.49. The summed E-state index contributed by atoms with van der Waals surface area (Å²) in [5, 5.41) is 9.98. The molecule has 2 aromatic carbocycles. The van der Waals surface area contributed by atoms with Crippen molar-refractivity contribution in [2.75, 3.05) is 13.1 Å². The zero-order valence-corrected chi connectivity index (χ0v) is 10.5. The highest BCUT2D eigenvalue weighted by Gasteiger charge is 2.13. The minimum Gasteiger partial charge on any atom is -0.308 e. The van der Waals surface area contributed by atoms with E-state index in [9.17, 15) is 0 Å². The Morgan fingerprint density at radius 1 is 1.00 bits per heavy atom. The van der Waals surface area contributed by atoms with E-state index in [2.05, 4.69) is 35.2 Å². The zero-order chi connectivity index (χ0) is 12.4. The predicted molar refractivity (Wildman–Crippen MR) is 76.3 cm³/mol. The van der Waals surface area contributed by atoms with Crippen LogP contribution in [-0.4, -0.2) is 24.2 Å². The summed E-state index contributed by atoms with van der Waals surface area (Å²) in [7, 11) is 0. The molecular weight excluding hydrogens is 220 g/mol. The first kappa shape index (κ1) is 11.4. The van der Waals surface area contributed by atoms with Crippen LogP contribution in [0.3, 0.4) is 0 Å². The van der Waals surface area contributed by atoms with Crippen molar-refractivity contribution in [2.45, 2.75) is 19.4 Å². The SMILES string of the molecule is N=Cc1cccc2c(CN3CCCC3)cccc12. The third kappa shape index (κ3) is 2.04. The first-order valence-electron chi connectivity index (χ1n) is 6.62. The van der Waals surface area contributed by atoms with Gasteiger partial charge < -0.3 is 5.41 Å². The molecule has 0 bridgehead atoms. The van der Waals surface area contributed by atoms with Gasteiger partial charge in [0.1, 0.15) is 0 Å². The van der Waals surface area contributed by atoms with Crippen molar-refractivity contribution in [3.8, 4) is 0 Å². The Labute approximate surface area is 108 Å². The van der Waals surface area contributed by atoms with Crippen LogP contribution >= 0.6 is 0 Å². The third-order valence-electron chi connectivity index (χ3n) is 3.79. The Kier molecular flexibility index (Phi) is 3.11. The van der Waals surface area contributed by atoms with E-state index < -0.39 is 0 Å². The summed E-state index contributed by atoms with van der Waals surface area (Å²) in [5.41, 5.74) is 2.40. The molecular formula is C16H18N2. The number of nitrogens with zero attached hydrogens (tertiary/aromatic N) is 1. The number of nitrogens with one attached hydrogen (secondary N) is 1. The van der Waals surface area contributed by atoms with Crippen molar-refractivity contribution >= 4 is 17.0 Å². The van der Waals surface area contributed by atoms with Gasteiger partial charge in [-0.1, -0.05) is 36.4 Å². The van der Waals surface area contributed by atoms with E-state index in [1.165, 1.54) is 48.5 Å². The molecule has 0 spiro atoms. The number of hydrogen-bond donors (Lipinski definition) is 1. The molecule has 0 saturated carbocycles. The molecule has 1 N–H and O–H groups in total. The Bertz CT molecular complexity index is 568. The molecule has 0 unspecified atom stereocenters. The van der Waals surface area contributed by atoms with Crippen molar-refractivity contribution in [3.05, 3.63) is 47.5 Å². The van der Waals surface area contributed by atoms with Gasteiger partial charge in [0.05, 0.1) is 0 Å². The van der Waals surface area contributed by atoms with Crippen LogP contribution in [0.1, 0.15) is 24.0 Å². The fraction of sp³-hybridized carbons (Fsp3) is 0.312. The van der Waals surface area contributed by atoms with Gasteiger partial charge in [-0.05, 0) is 47.8 Å². The maximum Gasteiger partial charge on any atom is 0.0256 e. The van der Waals surface area contributed by atoms with Gasteiger partial charge in [-0.3, -0.25) is 4.90 Å². The normalized spacial score (nSPS) is 16.2. The topological polar surface area (TPSA) is 27.1 Å². The monoisotopic (exact) mass is 238 g/mol. The molecule has 0 atom stereocenters. The van der Waals surface area contributed by atoms with Crippen LogP contribution in [-0.2, 0) is 6.54 Å². The summed E-state index contributed by atoms with van der Waals surface area (Å²) < 4.78 is 0. The molecule has 3 rings (SSSR count). The Balaban J connectivity index is 2.03. The number of hydrogen-bond acceptors (Lipinski definition) is 2. The lowest BCUT2D eigenvalue weighted by Gasteiger charge is -2.16. The minimum absolute atomic E-state index is 1.01. The van der Waals surface area contributed by atoms with Crippen molar-refractivity contribution < 1.29 is 0 Å². The molecule has 92 valence electrons. The summed E-state index contributed by atoms with van der Waals surface area (Å²) >= 11 is 0. The Morgan fingerprint density at radius 3 is 2.50 bits per heavy atom. The van der Waals surface area contributed by atoms with Gasteiger partial charge >= 0.3 is 0 Å². The lowest BCUT2D eigenvalue weighted by Crippen LogP contribution is -2.18. The summed E-state index contributed by atoms with van der Waals surface area (Å²) in [4.78, 5) is 2.52. The number of rotatable bonds is 3. The smallest absolute Gasteiger partial charge is 0.0256 e. The number of benzene rings is 2. The first-order valence-corrected chi connectivity index (χ1v) is 6.62. The quantitative estimate of drug-likeness (QED) is 0.815. The second-order valence-corrected chi connectivity index (χ2v) is 4.99. The van der Waals surface area contributed by atoms with Crippen molar-refractivity contribution in [1.82, 2.24) is 4.90 Å². The number of likely N-dealkylation sites (tertiary alicyclic amines) is 1. The van der Waals surface area contributed by atoms with Crippen LogP contribution in [0.25, 0.3) is 10.8 Å². The fourth-order valence-corrected chi connectivity index (χ4v) is 2.84. The molecule has 1 saturated heterocycles. The van der Waals surface area contributed by atoms with E-state index in [4.69, 9.17) is 5.41 Å². The molecule has 0 radical (unpaired) electrons. The summed E-state index contributed by atoms with van der Waals surface area (Å²) in [6, 6.07) is 12.7. The van der Waals surface area contributed by atoms with Gasteiger partial charge in [0.15, 0.2) is 0 Å². The minimum atomic E-state index is 1.01. The van der Waals surface area contributed by atoms with Crippen molar-refractivity contribution in [2.24, 2.45) is 0 Å². The highest BCUT2D eigenvalue weighted by atomic mass is 15.1. The highest BCUT2D eigenvalue weighted by Crippen LogP contribution is 2.23. The molecule has 1 heterocycles. The van der Waals surface area contributed by atoms with E-state index in [1.807, 2.05) is 6.07 Å². The third-order valence-corrected chi connectivity index (χ3v) is 3.79. The average molecular weight is 238 g/mol. The largest absolute Gasteiger partial charge is 0.308 e. The molecule has 2 aromatic rings. The van der Waals surface area contributed by atoms with Crippen molar-refractivity contribution in [3.63, 3.8) is 0 Å². The van der Waals surface area contributed by atoms with E-state index in [-0.39, 0.29) is 0 Å². The van der Waals surface area contributed by atoms with Gasteiger partial charge in [0, 0.05) is 12.8 Å². The van der Waals surface area contributed by atoms with Crippen LogP contribution in [0.4, 0.5) is 0 Å².